The van der Waals surface area contributed by atoms with Crippen molar-refractivity contribution in [3.63, 3.8) is 0 Å². The highest BCUT2D eigenvalue weighted by Crippen LogP contribution is 2.01. The smallest absolute Gasteiger partial charge is 0.0522 e. The van der Waals surface area contributed by atoms with Gasteiger partial charge in [0.1, 0.15) is 0 Å². The monoisotopic (exact) mass is 195 g/mol. The fourth-order valence-corrected chi connectivity index (χ4v) is 1.33. The predicted octanol–water partition coefficient (Wildman–Crippen LogP) is 2.18. The van der Waals surface area contributed by atoms with Crippen molar-refractivity contribution in [3.8, 4) is 0 Å². The van der Waals surface area contributed by atoms with Gasteiger partial charge in [0, 0.05) is 25.3 Å². The van der Waals surface area contributed by atoms with E-state index >= 15 is 0 Å². The number of hydrogen-bond donors (Lipinski definition) is 1. The first kappa shape index (κ1) is 11.2. The van der Waals surface area contributed by atoms with Gasteiger partial charge in [-0.15, -0.1) is 0 Å². The minimum absolute atomic E-state index is 0.532. The summed E-state index contributed by atoms with van der Waals surface area (Å²) in [6.45, 7) is 8.48. The molecule has 0 atom stereocenters. The summed E-state index contributed by atoms with van der Waals surface area (Å²) in [4.78, 5) is 0. The molecule has 1 aromatic rings. The van der Waals surface area contributed by atoms with Crippen LogP contribution in [-0.2, 0) is 13.1 Å². The quantitative estimate of drug-likeness (QED) is 0.754. The Morgan fingerprint density at radius 3 is 2.93 bits per heavy atom. The topological polar surface area (TPSA) is 29.9 Å². The van der Waals surface area contributed by atoms with Crippen LogP contribution in [0.15, 0.2) is 12.3 Å². The van der Waals surface area contributed by atoms with Crippen molar-refractivity contribution in [1.29, 1.82) is 0 Å². The first-order valence-corrected chi connectivity index (χ1v) is 5.48. The van der Waals surface area contributed by atoms with Crippen LogP contribution in [0.5, 0.6) is 0 Å². The predicted molar refractivity (Wildman–Crippen MR) is 59.1 cm³/mol. The lowest BCUT2D eigenvalue weighted by atomic mass is 10.3. The Hall–Kier alpha value is -0.830. The van der Waals surface area contributed by atoms with E-state index in [2.05, 4.69) is 41.9 Å². The molecule has 0 aliphatic heterocycles. The van der Waals surface area contributed by atoms with E-state index in [1.54, 1.807) is 0 Å². The minimum Gasteiger partial charge on any atom is -0.309 e. The van der Waals surface area contributed by atoms with E-state index in [9.17, 15) is 0 Å². The van der Waals surface area contributed by atoms with E-state index < -0.39 is 0 Å². The molecule has 1 rings (SSSR count). The molecule has 0 unspecified atom stereocenters. The lowest BCUT2D eigenvalue weighted by molar-refractivity contribution is 0.512. The van der Waals surface area contributed by atoms with E-state index in [1.807, 2.05) is 6.20 Å². The van der Waals surface area contributed by atoms with Gasteiger partial charge >= 0.3 is 0 Å². The standard InChI is InChI=1S/C11H21N3/c1-4-5-8-14-11(6-7-13-14)9-12-10(2)3/h6-7,10,12H,4-5,8-9H2,1-3H3. The van der Waals surface area contributed by atoms with E-state index in [0.717, 1.165) is 13.1 Å². The van der Waals surface area contributed by atoms with Crippen molar-refractivity contribution in [2.24, 2.45) is 0 Å². The summed E-state index contributed by atoms with van der Waals surface area (Å²) in [6, 6.07) is 2.62. The number of nitrogens with one attached hydrogen (secondary N) is 1. The summed E-state index contributed by atoms with van der Waals surface area (Å²) in [5.41, 5.74) is 1.28. The fourth-order valence-electron chi connectivity index (χ4n) is 1.33. The molecule has 0 aliphatic carbocycles. The van der Waals surface area contributed by atoms with Crippen LogP contribution in [-0.4, -0.2) is 15.8 Å². The Bertz CT molecular complexity index is 253. The van der Waals surface area contributed by atoms with Crippen LogP contribution >= 0.6 is 0 Å². The van der Waals surface area contributed by atoms with Crippen molar-refractivity contribution < 1.29 is 0 Å². The number of hydrogen-bond acceptors (Lipinski definition) is 2. The Balaban J connectivity index is 2.45. The SMILES string of the molecule is CCCCn1nccc1CNC(C)C. The molecule has 0 saturated heterocycles. The number of unbranched alkanes of at least 4 members (excludes halogenated alkanes) is 1. The Kier molecular flexibility index (Phi) is 4.66. The van der Waals surface area contributed by atoms with Crippen LogP contribution in [0.3, 0.4) is 0 Å². The Morgan fingerprint density at radius 2 is 2.29 bits per heavy atom. The molecular formula is C11H21N3. The molecule has 3 heteroatoms. The van der Waals surface area contributed by atoms with Crippen molar-refractivity contribution >= 4 is 0 Å². The number of aryl methyl sites for hydroxylation is 1. The summed E-state index contributed by atoms with van der Waals surface area (Å²) < 4.78 is 2.10. The number of nitrogens with zero attached hydrogens (tertiary/aromatic N) is 2. The zero-order chi connectivity index (χ0) is 10.4. The normalized spacial score (nSPS) is 11.1. The summed E-state index contributed by atoms with van der Waals surface area (Å²) in [5.74, 6) is 0. The van der Waals surface area contributed by atoms with Crippen LogP contribution in [0.2, 0.25) is 0 Å². The largest absolute Gasteiger partial charge is 0.309 e. The maximum absolute atomic E-state index is 4.31. The Morgan fingerprint density at radius 1 is 1.50 bits per heavy atom. The highest BCUT2D eigenvalue weighted by Gasteiger charge is 2.01. The third-order valence-corrected chi connectivity index (χ3v) is 2.22. The second-order valence-corrected chi connectivity index (χ2v) is 3.93. The molecule has 0 spiro atoms. The minimum atomic E-state index is 0.532. The molecule has 0 amide bonds. The Labute approximate surface area is 86.5 Å². The molecule has 0 bridgehead atoms. The van der Waals surface area contributed by atoms with Gasteiger partial charge in [-0.2, -0.15) is 5.10 Å². The van der Waals surface area contributed by atoms with E-state index in [-0.39, 0.29) is 0 Å². The second kappa shape index (κ2) is 5.81. The van der Waals surface area contributed by atoms with Gasteiger partial charge in [-0.1, -0.05) is 27.2 Å². The maximum atomic E-state index is 4.31. The van der Waals surface area contributed by atoms with Gasteiger partial charge in [0.25, 0.3) is 0 Å². The molecular weight excluding hydrogens is 174 g/mol. The zero-order valence-corrected chi connectivity index (χ0v) is 9.45. The average molecular weight is 195 g/mol. The van der Waals surface area contributed by atoms with Gasteiger partial charge < -0.3 is 5.32 Å². The van der Waals surface area contributed by atoms with E-state index in [4.69, 9.17) is 0 Å². The third-order valence-electron chi connectivity index (χ3n) is 2.22. The van der Waals surface area contributed by atoms with Gasteiger partial charge in [0.15, 0.2) is 0 Å². The molecule has 0 aliphatic rings. The second-order valence-electron chi connectivity index (χ2n) is 3.93. The molecule has 1 N–H and O–H groups in total. The molecule has 0 aromatic carbocycles. The highest BCUT2D eigenvalue weighted by molar-refractivity contribution is 5.00. The lowest BCUT2D eigenvalue weighted by Gasteiger charge is -2.10. The first-order chi connectivity index (χ1) is 6.74. The van der Waals surface area contributed by atoms with Crippen LogP contribution in [0.4, 0.5) is 0 Å². The van der Waals surface area contributed by atoms with Crippen LogP contribution < -0.4 is 5.32 Å². The van der Waals surface area contributed by atoms with Crippen LogP contribution in [0, 0.1) is 0 Å². The molecule has 1 aromatic heterocycles. The summed E-state index contributed by atoms with van der Waals surface area (Å²) >= 11 is 0. The molecule has 0 radical (unpaired) electrons. The van der Waals surface area contributed by atoms with E-state index in [1.165, 1.54) is 18.5 Å². The summed E-state index contributed by atoms with van der Waals surface area (Å²) in [6.07, 6.45) is 4.31. The van der Waals surface area contributed by atoms with Crippen molar-refractivity contribution in [2.45, 2.75) is 52.7 Å². The fraction of sp³-hybridized carbons (Fsp3) is 0.727. The van der Waals surface area contributed by atoms with Crippen molar-refractivity contribution in [2.75, 3.05) is 0 Å². The number of aromatic nitrogens is 2. The van der Waals surface area contributed by atoms with E-state index in [0.29, 0.717) is 6.04 Å². The van der Waals surface area contributed by atoms with Gasteiger partial charge in [0.2, 0.25) is 0 Å². The highest BCUT2D eigenvalue weighted by atomic mass is 15.3. The van der Waals surface area contributed by atoms with Gasteiger partial charge in [-0.05, 0) is 12.5 Å². The molecule has 80 valence electrons. The maximum Gasteiger partial charge on any atom is 0.0522 e. The number of rotatable bonds is 6. The van der Waals surface area contributed by atoms with Gasteiger partial charge in [-0.3, -0.25) is 4.68 Å². The van der Waals surface area contributed by atoms with Gasteiger partial charge in [0.05, 0.1) is 5.69 Å². The first-order valence-electron chi connectivity index (χ1n) is 5.48. The summed E-state index contributed by atoms with van der Waals surface area (Å²) in [7, 11) is 0. The third kappa shape index (κ3) is 3.50. The molecule has 0 saturated carbocycles. The molecule has 1 heterocycles. The van der Waals surface area contributed by atoms with Crippen LogP contribution in [0.25, 0.3) is 0 Å². The van der Waals surface area contributed by atoms with Crippen molar-refractivity contribution in [1.82, 2.24) is 15.1 Å². The molecule has 14 heavy (non-hydrogen) atoms. The average Bonchev–Trinajstić information content (AvgIpc) is 2.58. The lowest BCUT2D eigenvalue weighted by Crippen LogP contribution is -2.23. The van der Waals surface area contributed by atoms with Gasteiger partial charge in [-0.25, -0.2) is 0 Å². The molecule has 0 fully saturated rings. The van der Waals surface area contributed by atoms with Crippen molar-refractivity contribution in [3.05, 3.63) is 18.0 Å². The zero-order valence-electron chi connectivity index (χ0n) is 9.45. The summed E-state index contributed by atoms with van der Waals surface area (Å²) in [5, 5.41) is 7.71. The van der Waals surface area contributed by atoms with Crippen LogP contribution in [0.1, 0.15) is 39.3 Å². The molecule has 3 nitrogen and oxygen atoms in total.